The summed E-state index contributed by atoms with van der Waals surface area (Å²) in [6.45, 7) is 3.88. The molecule has 0 aliphatic rings. The Hall–Kier alpha value is -0.880. The Morgan fingerprint density at radius 3 is 2.82 bits per heavy atom. The number of nitrogens with zero attached hydrogens (tertiary/aromatic N) is 2. The molecule has 1 heterocycles. The van der Waals surface area contributed by atoms with Gasteiger partial charge in [0.05, 0.1) is 10.9 Å². The van der Waals surface area contributed by atoms with Gasteiger partial charge in [-0.15, -0.1) is 0 Å². The first-order valence-electron chi connectivity index (χ1n) is 5.06. The molecular weight excluding hydrogens is 309 g/mol. The summed E-state index contributed by atoms with van der Waals surface area (Å²) in [6, 6.07) is -0.213. The summed E-state index contributed by atoms with van der Waals surface area (Å²) in [6.07, 6.45) is 1.54. The monoisotopic (exact) mass is 321 g/mol. The van der Waals surface area contributed by atoms with Crippen LogP contribution in [-0.4, -0.2) is 27.1 Å². The minimum Gasteiger partial charge on any atom is -0.481 e. The van der Waals surface area contributed by atoms with Crippen molar-refractivity contribution in [3.05, 3.63) is 16.0 Å². The van der Waals surface area contributed by atoms with Crippen LogP contribution in [0.15, 0.2) is 10.7 Å². The summed E-state index contributed by atoms with van der Waals surface area (Å²) >= 11 is 8.97. The number of carbonyl (C=O) groups is 1. The van der Waals surface area contributed by atoms with Crippen molar-refractivity contribution in [2.24, 2.45) is 5.92 Å². The molecule has 2 N–H and O–H groups in total. The molecule has 0 spiro atoms. The maximum absolute atomic E-state index is 10.7. The third-order valence-electron chi connectivity index (χ3n) is 2.24. The number of hydrogen-bond donors (Lipinski definition) is 2. The summed E-state index contributed by atoms with van der Waals surface area (Å²) in [5, 5.41) is 12.0. The second-order valence-electron chi connectivity index (χ2n) is 3.93. The molecule has 1 unspecified atom stereocenters. The fraction of sp³-hybridized carbons (Fsp3) is 0.500. The van der Waals surface area contributed by atoms with Gasteiger partial charge in [-0.05, 0) is 33.4 Å². The molecule has 0 aromatic carbocycles. The molecule has 7 heteroatoms. The summed E-state index contributed by atoms with van der Waals surface area (Å²) < 4.78 is 0.651. The molecule has 94 valence electrons. The highest BCUT2D eigenvalue weighted by molar-refractivity contribution is 9.10. The van der Waals surface area contributed by atoms with E-state index in [1.807, 2.05) is 13.8 Å². The SMILES string of the molecule is CC(C)C(CC(=O)O)Nc1nc(Cl)ncc1Br. The lowest BCUT2D eigenvalue weighted by molar-refractivity contribution is -0.137. The first-order chi connectivity index (χ1) is 7.90. The topological polar surface area (TPSA) is 75.1 Å². The van der Waals surface area contributed by atoms with Crippen molar-refractivity contribution in [1.29, 1.82) is 0 Å². The number of nitrogens with one attached hydrogen (secondary N) is 1. The number of anilines is 1. The van der Waals surface area contributed by atoms with E-state index < -0.39 is 5.97 Å². The number of carboxylic acid groups (broad SMARTS) is 1. The number of aromatic nitrogens is 2. The van der Waals surface area contributed by atoms with Crippen LogP contribution in [0.5, 0.6) is 0 Å². The molecule has 17 heavy (non-hydrogen) atoms. The van der Waals surface area contributed by atoms with Gasteiger partial charge in [-0.3, -0.25) is 4.79 Å². The smallest absolute Gasteiger partial charge is 0.305 e. The maximum Gasteiger partial charge on any atom is 0.305 e. The Labute approximate surface area is 113 Å². The number of hydrogen-bond acceptors (Lipinski definition) is 4. The zero-order valence-electron chi connectivity index (χ0n) is 9.44. The molecule has 0 amide bonds. The van der Waals surface area contributed by atoms with Gasteiger partial charge in [-0.2, -0.15) is 4.98 Å². The lowest BCUT2D eigenvalue weighted by atomic mass is 10.0. The van der Waals surface area contributed by atoms with Crippen molar-refractivity contribution >= 4 is 39.3 Å². The third kappa shape index (κ3) is 4.47. The van der Waals surface area contributed by atoms with E-state index in [-0.39, 0.29) is 23.7 Å². The van der Waals surface area contributed by atoms with Crippen molar-refractivity contribution in [2.45, 2.75) is 26.3 Å². The van der Waals surface area contributed by atoms with E-state index in [0.29, 0.717) is 10.3 Å². The van der Waals surface area contributed by atoms with Gasteiger partial charge in [-0.25, -0.2) is 4.98 Å². The first kappa shape index (κ1) is 14.2. The van der Waals surface area contributed by atoms with Crippen LogP contribution in [0, 0.1) is 5.92 Å². The average molecular weight is 323 g/mol. The van der Waals surface area contributed by atoms with Crippen molar-refractivity contribution in [2.75, 3.05) is 5.32 Å². The van der Waals surface area contributed by atoms with E-state index in [9.17, 15) is 4.79 Å². The van der Waals surface area contributed by atoms with Crippen molar-refractivity contribution in [3.8, 4) is 0 Å². The van der Waals surface area contributed by atoms with Gasteiger partial charge in [0.25, 0.3) is 0 Å². The van der Waals surface area contributed by atoms with Gasteiger partial charge in [0.2, 0.25) is 5.28 Å². The second-order valence-corrected chi connectivity index (χ2v) is 5.12. The Kier molecular flexibility index (Phi) is 5.14. The highest BCUT2D eigenvalue weighted by Gasteiger charge is 2.18. The van der Waals surface area contributed by atoms with E-state index in [1.54, 1.807) is 0 Å². The molecule has 0 bridgehead atoms. The van der Waals surface area contributed by atoms with Gasteiger partial charge in [0, 0.05) is 12.2 Å². The summed E-state index contributed by atoms with van der Waals surface area (Å²) in [5.41, 5.74) is 0. The normalized spacial score (nSPS) is 12.5. The predicted octanol–water partition coefficient (Wildman–Crippen LogP) is 2.80. The summed E-state index contributed by atoms with van der Waals surface area (Å²) in [4.78, 5) is 18.6. The summed E-state index contributed by atoms with van der Waals surface area (Å²) in [7, 11) is 0. The Morgan fingerprint density at radius 1 is 1.65 bits per heavy atom. The molecule has 1 rings (SSSR count). The van der Waals surface area contributed by atoms with Gasteiger partial charge in [0.1, 0.15) is 5.82 Å². The van der Waals surface area contributed by atoms with Crippen LogP contribution in [0.2, 0.25) is 5.28 Å². The van der Waals surface area contributed by atoms with Gasteiger partial charge in [-0.1, -0.05) is 13.8 Å². The largest absolute Gasteiger partial charge is 0.481 e. The zero-order chi connectivity index (χ0) is 13.0. The van der Waals surface area contributed by atoms with E-state index >= 15 is 0 Å². The average Bonchev–Trinajstić information content (AvgIpc) is 2.21. The molecule has 0 aliphatic heterocycles. The van der Waals surface area contributed by atoms with E-state index in [0.717, 1.165) is 0 Å². The summed E-state index contributed by atoms with van der Waals surface area (Å²) in [5.74, 6) is -0.191. The van der Waals surface area contributed by atoms with Gasteiger partial charge < -0.3 is 10.4 Å². The fourth-order valence-electron chi connectivity index (χ4n) is 1.26. The quantitative estimate of drug-likeness (QED) is 0.815. The molecule has 0 fully saturated rings. The van der Waals surface area contributed by atoms with Crippen molar-refractivity contribution in [1.82, 2.24) is 9.97 Å². The molecule has 0 saturated carbocycles. The Bertz CT molecular complexity index is 415. The molecule has 1 atom stereocenters. The number of carboxylic acids is 1. The Balaban J connectivity index is 2.85. The van der Waals surface area contributed by atoms with Crippen LogP contribution in [0.25, 0.3) is 0 Å². The van der Waals surface area contributed by atoms with Crippen LogP contribution < -0.4 is 5.32 Å². The highest BCUT2D eigenvalue weighted by Crippen LogP contribution is 2.23. The second kappa shape index (κ2) is 6.16. The maximum atomic E-state index is 10.7. The van der Waals surface area contributed by atoms with E-state index in [1.165, 1.54) is 6.20 Å². The third-order valence-corrected chi connectivity index (χ3v) is 3.00. The first-order valence-corrected chi connectivity index (χ1v) is 6.23. The van der Waals surface area contributed by atoms with Crippen LogP contribution in [0.1, 0.15) is 20.3 Å². The lowest BCUT2D eigenvalue weighted by Crippen LogP contribution is -2.29. The lowest BCUT2D eigenvalue weighted by Gasteiger charge is -2.21. The molecule has 0 saturated heterocycles. The Morgan fingerprint density at radius 2 is 2.29 bits per heavy atom. The number of aliphatic carboxylic acids is 1. The molecule has 1 aromatic heterocycles. The van der Waals surface area contributed by atoms with Gasteiger partial charge >= 0.3 is 5.97 Å². The number of halogens is 2. The van der Waals surface area contributed by atoms with Crippen LogP contribution in [0.3, 0.4) is 0 Å². The van der Waals surface area contributed by atoms with Crippen LogP contribution >= 0.6 is 27.5 Å². The van der Waals surface area contributed by atoms with E-state index in [4.69, 9.17) is 16.7 Å². The van der Waals surface area contributed by atoms with Crippen LogP contribution in [0.4, 0.5) is 5.82 Å². The van der Waals surface area contributed by atoms with Crippen molar-refractivity contribution < 1.29 is 9.90 Å². The molecular formula is C10H13BrClN3O2. The zero-order valence-corrected chi connectivity index (χ0v) is 11.8. The standard InChI is InChI=1S/C10H13BrClN3O2/c1-5(2)7(3-8(16)17)14-9-6(11)4-13-10(12)15-9/h4-5,7H,3H2,1-2H3,(H,16,17)(H,13,14,15). The predicted molar refractivity (Wildman–Crippen MR) is 69.2 cm³/mol. The molecule has 0 radical (unpaired) electrons. The minimum atomic E-state index is -0.854. The molecule has 0 aliphatic carbocycles. The van der Waals surface area contributed by atoms with Crippen LogP contribution in [-0.2, 0) is 4.79 Å². The van der Waals surface area contributed by atoms with Gasteiger partial charge in [0.15, 0.2) is 0 Å². The minimum absolute atomic E-state index is 0.0196. The van der Waals surface area contributed by atoms with Crippen molar-refractivity contribution in [3.63, 3.8) is 0 Å². The fourth-order valence-corrected chi connectivity index (χ4v) is 1.70. The molecule has 5 nitrogen and oxygen atoms in total. The highest BCUT2D eigenvalue weighted by atomic mass is 79.9. The number of rotatable bonds is 5. The van der Waals surface area contributed by atoms with E-state index in [2.05, 4.69) is 31.2 Å². The molecule has 1 aromatic rings.